The Bertz CT molecular complexity index is 422. The summed E-state index contributed by atoms with van der Waals surface area (Å²) in [5, 5.41) is 4.24. The molecule has 0 spiro atoms. The molecule has 0 saturated carbocycles. The lowest BCUT2D eigenvalue weighted by molar-refractivity contribution is 0.414. The second-order valence-electron chi connectivity index (χ2n) is 3.58. The molecule has 1 atom stereocenters. The second kappa shape index (κ2) is 5.37. The molecule has 1 aromatic carbocycles. The van der Waals surface area contributed by atoms with Gasteiger partial charge in [0.15, 0.2) is 0 Å². The first kappa shape index (κ1) is 11.5. The highest BCUT2D eigenvalue weighted by atomic mass is 35.5. The van der Waals surface area contributed by atoms with Crippen LogP contribution in [0.2, 0.25) is 0 Å². The number of thiophene rings is 1. The molecular formula is C13H13ClOS. The third-order valence-corrected chi connectivity index (χ3v) is 3.61. The number of halogens is 1. The van der Waals surface area contributed by atoms with E-state index in [2.05, 4.69) is 16.8 Å². The fourth-order valence-electron chi connectivity index (χ4n) is 1.55. The molecule has 1 aromatic heterocycles. The molecule has 2 aromatic rings. The maximum absolute atomic E-state index is 6.36. The molecule has 1 heterocycles. The van der Waals surface area contributed by atoms with Gasteiger partial charge in [-0.3, -0.25) is 0 Å². The van der Waals surface area contributed by atoms with Crippen molar-refractivity contribution in [1.82, 2.24) is 0 Å². The van der Waals surface area contributed by atoms with Gasteiger partial charge in [-0.25, -0.2) is 0 Å². The van der Waals surface area contributed by atoms with E-state index in [4.69, 9.17) is 16.3 Å². The molecule has 0 N–H and O–H groups in total. The molecule has 0 fully saturated rings. The summed E-state index contributed by atoms with van der Waals surface area (Å²) in [6, 6.07) is 10.0. The molecular weight excluding hydrogens is 240 g/mol. The Morgan fingerprint density at radius 2 is 2.00 bits per heavy atom. The van der Waals surface area contributed by atoms with E-state index in [1.165, 1.54) is 5.56 Å². The third kappa shape index (κ3) is 2.77. The predicted molar refractivity (Wildman–Crippen MR) is 69.6 cm³/mol. The Kier molecular flexibility index (Phi) is 3.86. The predicted octanol–water partition coefficient (Wildman–Crippen LogP) is 4.28. The van der Waals surface area contributed by atoms with Crippen LogP contribution in [0.3, 0.4) is 0 Å². The van der Waals surface area contributed by atoms with Gasteiger partial charge in [0.05, 0.1) is 12.5 Å². The van der Waals surface area contributed by atoms with Crippen molar-refractivity contribution in [3.8, 4) is 5.75 Å². The van der Waals surface area contributed by atoms with Crippen LogP contribution in [0.25, 0.3) is 0 Å². The van der Waals surface area contributed by atoms with Gasteiger partial charge in [0.25, 0.3) is 0 Å². The first-order chi connectivity index (χ1) is 7.79. The molecule has 0 radical (unpaired) electrons. The van der Waals surface area contributed by atoms with E-state index < -0.39 is 0 Å². The highest BCUT2D eigenvalue weighted by Gasteiger charge is 2.09. The molecule has 1 nitrogen and oxygen atoms in total. The summed E-state index contributed by atoms with van der Waals surface area (Å²) in [4.78, 5) is 0. The molecule has 84 valence electrons. The standard InChI is InChI=1S/C13H13ClOS/c1-15-12-4-2-11(3-5-12)13(14)8-10-6-7-16-9-10/h2-7,9,13H,8H2,1H3. The smallest absolute Gasteiger partial charge is 0.118 e. The molecule has 16 heavy (non-hydrogen) atoms. The van der Waals surface area contributed by atoms with Gasteiger partial charge in [-0.1, -0.05) is 12.1 Å². The minimum Gasteiger partial charge on any atom is -0.497 e. The van der Waals surface area contributed by atoms with Crippen molar-refractivity contribution < 1.29 is 4.74 Å². The quantitative estimate of drug-likeness (QED) is 0.738. The first-order valence-corrected chi connectivity index (χ1v) is 6.46. The minimum atomic E-state index is 0.0282. The Labute approximate surface area is 105 Å². The van der Waals surface area contributed by atoms with Gasteiger partial charge in [0.1, 0.15) is 5.75 Å². The summed E-state index contributed by atoms with van der Waals surface area (Å²) in [7, 11) is 1.67. The molecule has 0 aliphatic carbocycles. The summed E-state index contributed by atoms with van der Waals surface area (Å²) in [5.41, 5.74) is 2.43. The number of hydrogen-bond donors (Lipinski definition) is 0. The van der Waals surface area contributed by atoms with Crippen LogP contribution < -0.4 is 4.74 Å². The van der Waals surface area contributed by atoms with Crippen molar-refractivity contribution >= 4 is 22.9 Å². The van der Waals surface area contributed by atoms with Crippen LogP contribution in [0, 0.1) is 0 Å². The maximum Gasteiger partial charge on any atom is 0.118 e. The molecule has 3 heteroatoms. The summed E-state index contributed by atoms with van der Waals surface area (Å²) < 4.78 is 5.11. The fourth-order valence-corrected chi connectivity index (χ4v) is 2.55. The summed E-state index contributed by atoms with van der Waals surface area (Å²) in [5.74, 6) is 0.864. The lowest BCUT2D eigenvalue weighted by Gasteiger charge is -2.09. The van der Waals surface area contributed by atoms with E-state index in [9.17, 15) is 0 Å². The van der Waals surface area contributed by atoms with E-state index in [1.54, 1.807) is 18.4 Å². The highest BCUT2D eigenvalue weighted by Crippen LogP contribution is 2.27. The van der Waals surface area contributed by atoms with Crippen LogP contribution in [0.1, 0.15) is 16.5 Å². The van der Waals surface area contributed by atoms with Crippen LogP contribution in [0.15, 0.2) is 41.1 Å². The Morgan fingerprint density at radius 3 is 2.56 bits per heavy atom. The van der Waals surface area contributed by atoms with E-state index in [1.807, 2.05) is 24.3 Å². The van der Waals surface area contributed by atoms with Gasteiger partial charge < -0.3 is 4.74 Å². The van der Waals surface area contributed by atoms with Gasteiger partial charge >= 0.3 is 0 Å². The molecule has 0 bridgehead atoms. The zero-order valence-electron chi connectivity index (χ0n) is 9.02. The summed E-state index contributed by atoms with van der Waals surface area (Å²) in [6.07, 6.45) is 0.872. The van der Waals surface area contributed by atoms with E-state index in [0.29, 0.717) is 0 Å². The number of alkyl halides is 1. The van der Waals surface area contributed by atoms with E-state index in [0.717, 1.165) is 17.7 Å². The molecule has 0 saturated heterocycles. The average Bonchev–Trinajstić information content (AvgIpc) is 2.82. The number of hydrogen-bond acceptors (Lipinski definition) is 2. The van der Waals surface area contributed by atoms with Crippen molar-refractivity contribution in [3.63, 3.8) is 0 Å². The zero-order chi connectivity index (χ0) is 11.4. The summed E-state index contributed by atoms with van der Waals surface area (Å²) >= 11 is 8.06. The Morgan fingerprint density at radius 1 is 1.25 bits per heavy atom. The van der Waals surface area contributed by atoms with Gasteiger partial charge in [-0.2, -0.15) is 11.3 Å². The topological polar surface area (TPSA) is 9.23 Å². The van der Waals surface area contributed by atoms with Crippen molar-refractivity contribution in [2.75, 3.05) is 7.11 Å². The number of methoxy groups -OCH3 is 1. The van der Waals surface area contributed by atoms with Crippen molar-refractivity contribution in [1.29, 1.82) is 0 Å². The third-order valence-electron chi connectivity index (χ3n) is 2.47. The molecule has 0 amide bonds. The van der Waals surface area contributed by atoms with Crippen LogP contribution in [-0.4, -0.2) is 7.11 Å². The van der Waals surface area contributed by atoms with Gasteiger partial charge in [0, 0.05) is 0 Å². The van der Waals surface area contributed by atoms with Crippen molar-refractivity contribution in [2.45, 2.75) is 11.8 Å². The minimum absolute atomic E-state index is 0.0282. The lowest BCUT2D eigenvalue weighted by Crippen LogP contribution is -1.94. The highest BCUT2D eigenvalue weighted by molar-refractivity contribution is 7.07. The van der Waals surface area contributed by atoms with Crippen LogP contribution in [0.4, 0.5) is 0 Å². The number of benzene rings is 1. The molecule has 0 aliphatic heterocycles. The maximum atomic E-state index is 6.36. The normalized spacial score (nSPS) is 12.4. The first-order valence-electron chi connectivity index (χ1n) is 5.08. The molecule has 2 rings (SSSR count). The zero-order valence-corrected chi connectivity index (χ0v) is 10.6. The van der Waals surface area contributed by atoms with E-state index in [-0.39, 0.29) is 5.38 Å². The van der Waals surface area contributed by atoms with Crippen LogP contribution >= 0.6 is 22.9 Å². The lowest BCUT2D eigenvalue weighted by atomic mass is 10.1. The summed E-state index contributed by atoms with van der Waals surface area (Å²) in [6.45, 7) is 0. The van der Waals surface area contributed by atoms with Gasteiger partial charge in [-0.15, -0.1) is 11.6 Å². The van der Waals surface area contributed by atoms with E-state index >= 15 is 0 Å². The van der Waals surface area contributed by atoms with Gasteiger partial charge in [0.2, 0.25) is 0 Å². The SMILES string of the molecule is COc1ccc(C(Cl)Cc2ccsc2)cc1. The molecule has 0 aliphatic rings. The average molecular weight is 253 g/mol. The molecule has 1 unspecified atom stereocenters. The Balaban J connectivity index is 2.05. The fraction of sp³-hybridized carbons (Fsp3) is 0.231. The van der Waals surface area contributed by atoms with Gasteiger partial charge in [-0.05, 0) is 46.5 Å². The largest absolute Gasteiger partial charge is 0.497 e. The second-order valence-corrected chi connectivity index (χ2v) is 4.88. The Hall–Kier alpha value is -0.990. The number of ether oxygens (including phenoxy) is 1. The van der Waals surface area contributed by atoms with Crippen LogP contribution in [0.5, 0.6) is 5.75 Å². The number of rotatable bonds is 4. The van der Waals surface area contributed by atoms with Crippen molar-refractivity contribution in [2.24, 2.45) is 0 Å². The van der Waals surface area contributed by atoms with Crippen LogP contribution in [-0.2, 0) is 6.42 Å². The monoisotopic (exact) mass is 252 g/mol. The van der Waals surface area contributed by atoms with Crippen molar-refractivity contribution in [3.05, 3.63) is 52.2 Å².